The SMILES string of the molecule is COc1ccc(C(=O)O)o1.COc1cnc(C(=O)O)o1.CSc1ccc(C(=O)O)o1.Cc1ccoc1C(=O)O.Cc1coc(C(=O)O)c1.N#Cc1coc(C(=O)O)c1.O=C(O)c1ccno1. The third-order valence-corrected chi connectivity index (χ3v) is 7.06. The molecule has 0 aliphatic rings. The maximum Gasteiger partial charge on any atom is 0.392 e. The summed E-state index contributed by atoms with van der Waals surface area (Å²) in [6, 6.07) is 13.1. The lowest BCUT2D eigenvalue weighted by molar-refractivity contribution is 0.0639. The molecule has 7 N–H and O–H groups in total. The largest absolute Gasteiger partial charge is 0.475 e. The highest BCUT2D eigenvalue weighted by molar-refractivity contribution is 7.98. The van der Waals surface area contributed by atoms with E-state index in [9.17, 15) is 33.6 Å². The number of aromatic nitrogens is 2. The van der Waals surface area contributed by atoms with Gasteiger partial charge < -0.3 is 76.2 Å². The van der Waals surface area contributed by atoms with Gasteiger partial charge in [-0.15, -0.1) is 0 Å². The third kappa shape index (κ3) is 19.9. The van der Waals surface area contributed by atoms with Crippen molar-refractivity contribution >= 4 is 53.5 Å². The Balaban J connectivity index is 0.000000385. The first-order chi connectivity index (χ1) is 31.2. The van der Waals surface area contributed by atoms with E-state index in [2.05, 4.69) is 46.2 Å². The van der Waals surface area contributed by atoms with Gasteiger partial charge in [0.2, 0.25) is 34.6 Å². The Labute approximate surface area is 372 Å². The Bertz CT molecular complexity index is 2540. The molecule has 7 aromatic rings. The third-order valence-electron chi connectivity index (χ3n) is 6.44. The molecule has 0 amide bonds. The Morgan fingerprint density at radius 3 is 1.45 bits per heavy atom. The van der Waals surface area contributed by atoms with Gasteiger partial charge in [-0.25, -0.2) is 38.5 Å². The van der Waals surface area contributed by atoms with Crippen LogP contribution in [0.25, 0.3) is 0 Å². The summed E-state index contributed by atoms with van der Waals surface area (Å²) >= 11 is 1.38. The number of ether oxygens (including phenoxy) is 2. The fourth-order valence-corrected chi connectivity index (χ4v) is 3.89. The van der Waals surface area contributed by atoms with Crippen LogP contribution in [0.2, 0.25) is 0 Å². The summed E-state index contributed by atoms with van der Waals surface area (Å²) in [6.07, 6.45) is 8.17. The zero-order chi connectivity index (χ0) is 49.9. The molecule has 7 rings (SSSR count). The van der Waals surface area contributed by atoms with Gasteiger partial charge in [0.05, 0.1) is 38.5 Å². The molecule has 0 fully saturated rings. The summed E-state index contributed by atoms with van der Waals surface area (Å²) in [7, 11) is 2.77. The van der Waals surface area contributed by atoms with Gasteiger partial charge in [-0.1, -0.05) is 16.9 Å². The number of hydrogen-bond acceptors (Lipinski definition) is 20. The number of furan rings is 5. The van der Waals surface area contributed by atoms with Gasteiger partial charge in [-0.2, -0.15) is 5.26 Å². The summed E-state index contributed by atoms with van der Waals surface area (Å²) < 4.78 is 41.3. The van der Waals surface area contributed by atoms with Gasteiger partial charge in [0.25, 0.3) is 5.95 Å². The molecule has 27 heteroatoms. The van der Waals surface area contributed by atoms with Gasteiger partial charge >= 0.3 is 53.6 Å². The van der Waals surface area contributed by atoms with Crippen molar-refractivity contribution in [3.63, 3.8) is 0 Å². The second-order valence-electron chi connectivity index (χ2n) is 11.1. The molecule has 0 atom stereocenters. The van der Waals surface area contributed by atoms with Crippen LogP contribution in [0.3, 0.4) is 0 Å². The van der Waals surface area contributed by atoms with Gasteiger partial charge in [0.1, 0.15) is 18.5 Å². The number of hydrogen-bond donors (Lipinski definition) is 7. The Hall–Kier alpha value is -9.45. The van der Waals surface area contributed by atoms with Crippen LogP contribution < -0.4 is 9.47 Å². The van der Waals surface area contributed by atoms with Crippen LogP contribution in [0.1, 0.15) is 90.7 Å². The van der Waals surface area contributed by atoms with Gasteiger partial charge in [-0.05, 0) is 56.0 Å². The Kier molecular flexibility index (Phi) is 23.3. The lowest BCUT2D eigenvalue weighted by Gasteiger charge is -1.88. The zero-order valence-electron chi connectivity index (χ0n) is 34.4. The molecule has 26 nitrogen and oxygen atoms in total. The first-order valence-corrected chi connectivity index (χ1v) is 18.3. The number of aromatic carboxylic acids is 7. The van der Waals surface area contributed by atoms with Crippen LogP contribution in [0, 0.1) is 25.2 Å². The lowest BCUT2D eigenvalue weighted by atomic mass is 10.3. The van der Waals surface area contributed by atoms with Crippen LogP contribution in [0.5, 0.6) is 11.9 Å². The second kappa shape index (κ2) is 28.2. The van der Waals surface area contributed by atoms with Crippen LogP contribution in [0.4, 0.5) is 0 Å². The molecular formula is C39H35N3O23S. The second-order valence-corrected chi connectivity index (χ2v) is 11.9. The lowest BCUT2D eigenvalue weighted by Crippen LogP contribution is -1.94. The number of oxazole rings is 1. The predicted octanol–water partition coefficient (Wildman–Crippen LogP) is 6.86. The van der Waals surface area contributed by atoms with Gasteiger partial charge in [-0.3, -0.25) is 0 Å². The van der Waals surface area contributed by atoms with Crippen LogP contribution in [0.15, 0.2) is 116 Å². The number of nitriles is 1. The van der Waals surface area contributed by atoms with Crippen LogP contribution in [-0.2, 0) is 0 Å². The standard InChI is InChI=1S/C6H3NO3.C6H6O4.C6H6O3S.2C6H6O3.C5H5NO4.C4H3NO3/c7-2-4-1-5(6(8)9)10-3-4;1-9-5-3-2-4(10-5)6(7)8;1-10-5-3-2-4(9-5)6(7)8;1-4-2-5(6(7)8)9-3-4;1-4-2-3-9-5(4)6(7)8;1-9-3-2-6-4(10-3)5(7)8;6-4(7)3-1-2-5-8-3/h1,3H,(H,8,9);2*2-3H,1H3,(H,7,8);2*2-3H,1H3,(H,7,8);2H,1H3,(H,7,8);1-2H,(H,6,7). The first kappa shape index (κ1) is 54.6. The molecule has 0 unspecified atom stereocenters. The number of carboxylic acid groups (broad SMARTS) is 7. The summed E-state index contributed by atoms with van der Waals surface area (Å²) in [5, 5.41) is 70.2. The topological polar surface area (TPSA) is 421 Å². The predicted molar refractivity (Wildman–Crippen MR) is 214 cm³/mol. The smallest absolute Gasteiger partial charge is 0.392 e. The minimum absolute atomic E-state index is 0.00694. The van der Waals surface area contributed by atoms with Crippen molar-refractivity contribution in [1.29, 1.82) is 5.26 Å². The average Bonchev–Trinajstić information content (AvgIpc) is 4.14. The molecular weight excluding hydrogens is 910 g/mol. The maximum atomic E-state index is 10.2. The molecule has 7 heterocycles. The van der Waals surface area contributed by atoms with E-state index >= 15 is 0 Å². The number of nitrogens with zero attached hydrogens (tertiary/aromatic N) is 3. The minimum Gasteiger partial charge on any atom is -0.475 e. The number of carbonyl (C=O) groups is 7. The van der Waals surface area contributed by atoms with E-state index in [4.69, 9.17) is 45.4 Å². The molecule has 0 bridgehead atoms. The molecule has 0 aliphatic carbocycles. The van der Waals surface area contributed by atoms with Crippen molar-refractivity contribution in [2.45, 2.75) is 18.9 Å². The van der Waals surface area contributed by atoms with E-state index in [0.717, 1.165) is 11.8 Å². The summed E-state index contributed by atoms with van der Waals surface area (Å²) in [5.74, 6) is -8.14. The first-order valence-electron chi connectivity index (χ1n) is 17.1. The van der Waals surface area contributed by atoms with E-state index in [1.807, 2.05) is 6.26 Å². The average molecular weight is 946 g/mol. The number of thioether (sulfide) groups is 1. The van der Waals surface area contributed by atoms with Crippen LogP contribution >= 0.6 is 11.8 Å². The van der Waals surface area contributed by atoms with Gasteiger partial charge in [0, 0.05) is 23.8 Å². The summed E-state index contributed by atoms with van der Waals surface area (Å²) in [4.78, 5) is 74.3. The highest BCUT2D eigenvalue weighted by Gasteiger charge is 2.12. The van der Waals surface area contributed by atoms with Gasteiger partial charge in [0.15, 0.2) is 5.09 Å². The monoisotopic (exact) mass is 945 g/mol. The van der Waals surface area contributed by atoms with Crippen molar-refractivity contribution in [2.24, 2.45) is 0 Å². The van der Waals surface area contributed by atoms with Crippen molar-refractivity contribution in [2.75, 3.05) is 20.5 Å². The summed E-state index contributed by atoms with van der Waals surface area (Å²) in [6.45, 7) is 3.46. The zero-order valence-corrected chi connectivity index (χ0v) is 35.2. The number of carboxylic acids is 7. The highest BCUT2D eigenvalue weighted by Crippen LogP contribution is 2.18. The van der Waals surface area contributed by atoms with Crippen LogP contribution in [-0.4, -0.2) is 108 Å². The summed E-state index contributed by atoms with van der Waals surface area (Å²) in [5.41, 5.74) is 1.70. The molecule has 0 aliphatic heterocycles. The molecule has 0 radical (unpaired) electrons. The van der Waals surface area contributed by atoms with E-state index in [1.165, 1.54) is 87.3 Å². The number of aryl methyl sites for hydroxylation is 2. The number of rotatable bonds is 10. The minimum atomic E-state index is -1.21. The molecule has 0 saturated carbocycles. The molecule has 350 valence electrons. The highest BCUT2D eigenvalue weighted by atomic mass is 32.2. The maximum absolute atomic E-state index is 10.2. The fourth-order valence-electron chi connectivity index (χ4n) is 3.51. The quantitative estimate of drug-likeness (QED) is 0.0688. The normalized spacial score (nSPS) is 9.27. The molecule has 66 heavy (non-hydrogen) atoms. The molecule has 0 aromatic carbocycles. The van der Waals surface area contributed by atoms with Crippen molar-refractivity contribution in [1.82, 2.24) is 10.1 Å². The van der Waals surface area contributed by atoms with E-state index in [1.54, 1.807) is 32.0 Å². The van der Waals surface area contributed by atoms with E-state index in [0.29, 0.717) is 10.7 Å². The molecule has 7 aromatic heterocycles. The Morgan fingerprint density at radius 2 is 1.18 bits per heavy atom. The van der Waals surface area contributed by atoms with E-state index in [-0.39, 0.29) is 57.9 Å². The fraction of sp³-hybridized carbons (Fsp3) is 0.128. The molecule has 0 saturated heterocycles. The number of methoxy groups -OCH3 is 2. The Morgan fingerprint density at radius 1 is 0.621 bits per heavy atom. The van der Waals surface area contributed by atoms with Crippen molar-refractivity contribution in [3.8, 4) is 18.0 Å². The van der Waals surface area contributed by atoms with E-state index < -0.39 is 41.8 Å². The molecule has 0 spiro atoms. The van der Waals surface area contributed by atoms with Crippen molar-refractivity contribution in [3.05, 3.63) is 137 Å². The van der Waals surface area contributed by atoms with Crippen molar-refractivity contribution < 1.29 is 110 Å².